The molecule has 8 heteroatoms. The van der Waals surface area contributed by atoms with Crippen LogP contribution in [0.3, 0.4) is 0 Å². The maximum Gasteiger partial charge on any atom is 0.133 e. The van der Waals surface area contributed by atoms with Gasteiger partial charge in [0.25, 0.3) is 0 Å². The number of fused-ring (bicyclic) bond motifs is 9. The normalized spacial score (nSPS) is 11.7. The second kappa shape index (κ2) is 71.1. The zero-order chi connectivity index (χ0) is 91.4. The first-order valence-corrected chi connectivity index (χ1v) is 47.9. The molecule has 5 aromatic heterocycles. The molecule has 0 amide bonds. The number of benzene rings is 9. The minimum absolute atomic E-state index is 0.833. The third kappa shape index (κ3) is 61.7. The van der Waals surface area contributed by atoms with Crippen molar-refractivity contribution in [2.75, 3.05) is 24.2 Å². The Kier molecular flexibility index (Phi) is 64.6. The first kappa shape index (κ1) is 112. The number of nitrogens with zero attached hydrogens (tertiary/aromatic N) is 2. The Labute approximate surface area is 759 Å². The predicted molar refractivity (Wildman–Crippen MR) is 557 cm³/mol. The predicted octanol–water partition coefficient (Wildman–Crippen LogP) is 36.3. The van der Waals surface area contributed by atoms with Crippen LogP contribution in [0.1, 0.15) is 247 Å². The Balaban J connectivity index is 0.000000661. The van der Waals surface area contributed by atoms with E-state index in [0.29, 0.717) is 0 Å². The third-order valence-corrected chi connectivity index (χ3v) is 17.2. The summed E-state index contributed by atoms with van der Waals surface area (Å²) in [7, 11) is 0. The molecular weight excluding hydrogens is 1530 g/mol. The van der Waals surface area contributed by atoms with Crippen LogP contribution in [0.2, 0.25) is 0 Å². The standard InChI is InChI=1S/C10H12.C9H11N.2C9H7N.C9H10O.C9H10S.C8H7N.C8H6O.C8H6S.9C4H10/c1-2-6-10-8-4-3-7-9(10)5-1;2*1-2-6-9-8(4-1)5-3-7-10-9;1-2-4-9-7-10-6-5-8(9)3-1;2*1-2-6-9-8(4-1)5-3-7-10-9;3*1-2-4-8-7(3-1)5-6-9-8;9*1-4(2)3/h1-2,5-6H,3-4,7-8H2;1-2,4,6,10H,3,5,7H2;2*1-7H;2*1-2,4,6H,3,5,7H2;1-6,9H;2*1-6H;9*4H,1-3H3. The van der Waals surface area contributed by atoms with Gasteiger partial charge in [0.1, 0.15) is 11.3 Å². The van der Waals surface area contributed by atoms with Crippen molar-refractivity contribution in [1.82, 2.24) is 15.0 Å². The summed E-state index contributed by atoms with van der Waals surface area (Å²) >= 11 is 3.78. The maximum absolute atomic E-state index is 5.42. The van der Waals surface area contributed by atoms with Gasteiger partial charge in [0.15, 0.2) is 0 Å². The first-order valence-electron chi connectivity index (χ1n) is 46.0. The Morgan fingerprint density at radius 3 is 1.30 bits per heavy atom. The van der Waals surface area contributed by atoms with E-state index in [9.17, 15) is 0 Å². The Morgan fingerprint density at radius 1 is 0.325 bits per heavy atom. The highest BCUT2D eigenvalue weighted by molar-refractivity contribution is 7.99. The molecule has 2 N–H and O–H groups in total. The molecule has 0 bridgehead atoms. The quantitative estimate of drug-likeness (QED) is 0.158. The van der Waals surface area contributed by atoms with E-state index in [1.165, 1.54) is 122 Å². The molecule has 0 radical (unpaired) electrons. The summed E-state index contributed by atoms with van der Waals surface area (Å²) in [6.07, 6.45) is 22.0. The average molecular weight is 1700 g/mol. The molecule has 18 rings (SSSR count). The van der Waals surface area contributed by atoms with Crippen LogP contribution in [-0.4, -0.2) is 33.9 Å². The van der Waals surface area contributed by atoms with Crippen LogP contribution in [-0.2, 0) is 32.1 Å². The van der Waals surface area contributed by atoms with Crippen LogP contribution in [0.15, 0.2) is 301 Å². The summed E-state index contributed by atoms with van der Waals surface area (Å²) in [5.41, 5.74) is 12.1. The second-order valence-corrected chi connectivity index (χ2v) is 38.9. The van der Waals surface area contributed by atoms with Gasteiger partial charge < -0.3 is 19.5 Å². The van der Waals surface area contributed by atoms with Crippen molar-refractivity contribution in [3.8, 4) is 5.75 Å². The topological polar surface area (TPSA) is 76.0 Å². The second-order valence-electron chi connectivity index (χ2n) is 36.8. The number of aryl methyl sites for hydroxylation is 5. The summed E-state index contributed by atoms with van der Waals surface area (Å²) in [6, 6.07) is 87.3. The fraction of sp³-hybridized carbons (Fsp3) is 0.426. The van der Waals surface area contributed by atoms with Crippen molar-refractivity contribution in [3.63, 3.8) is 0 Å². The van der Waals surface area contributed by atoms with Crippen LogP contribution < -0.4 is 10.1 Å². The number of aromatic nitrogens is 3. The summed E-state index contributed by atoms with van der Waals surface area (Å²) in [4.78, 5) is 12.8. The fourth-order valence-electron chi connectivity index (χ4n) is 10.5. The molecule has 9 aromatic carbocycles. The lowest BCUT2D eigenvalue weighted by molar-refractivity contribution is 0.288. The zero-order valence-corrected chi connectivity index (χ0v) is 83.3. The van der Waals surface area contributed by atoms with E-state index in [-0.39, 0.29) is 0 Å². The van der Waals surface area contributed by atoms with E-state index in [0.717, 1.165) is 95.1 Å². The molecule has 0 saturated heterocycles. The number of pyridine rings is 2. The maximum atomic E-state index is 5.42. The Bertz CT molecular complexity index is 3900. The van der Waals surface area contributed by atoms with Crippen molar-refractivity contribution >= 4 is 82.4 Å². The molecule has 0 fully saturated rings. The van der Waals surface area contributed by atoms with Gasteiger partial charge in [-0.15, -0.1) is 23.1 Å². The number of hydrogen-bond acceptors (Lipinski definition) is 7. The van der Waals surface area contributed by atoms with Gasteiger partial charge in [-0.05, 0) is 251 Å². The molecular formula is C115H166N4O2S2. The number of para-hydroxylation sites is 5. The van der Waals surface area contributed by atoms with Crippen molar-refractivity contribution in [3.05, 3.63) is 319 Å². The number of nitrogens with one attached hydrogen (secondary N) is 2. The Hall–Kier alpha value is -9.21. The van der Waals surface area contributed by atoms with E-state index >= 15 is 0 Å². The number of thiophene rings is 1. The number of furan rings is 1. The van der Waals surface area contributed by atoms with Crippen molar-refractivity contribution in [1.29, 1.82) is 0 Å². The van der Waals surface area contributed by atoms with Crippen LogP contribution >= 0.6 is 23.1 Å². The number of anilines is 1. The van der Waals surface area contributed by atoms with Crippen LogP contribution in [0.25, 0.3) is 53.6 Å². The van der Waals surface area contributed by atoms with Crippen LogP contribution in [0.4, 0.5) is 5.69 Å². The number of ether oxygens (including phenoxy) is 1. The van der Waals surface area contributed by atoms with Crippen LogP contribution in [0, 0.1) is 53.3 Å². The summed E-state index contributed by atoms with van der Waals surface area (Å²) in [6.45, 7) is 60.5. The van der Waals surface area contributed by atoms with E-state index in [1.54, 1.807) is 34.3 Å². The molecule has 14 aromatic rings. The number of rotatable bonds is 0. The molecule has 8 heterocycles. The highest BCUT2D eigenvalue weighted by atomic mass is 32.2. The molecule has 0 unspecified atom stereocenters. The lowest BCUT2D eigenvalue weighted by Gasteiger charge is -2.16. The first-order chi connectivity index (χ1) is 58.8. The smallest absolute Gasteiger partial charge is 0.133 e. The molecule has 3 aliphatic heterocycles. The van der Waals surface area contributed by atoms with Crippen molar-refractivity contribution in [2.45, 2.75) is 256 Å². The highest BCUT2D eigenvalue weighted by Gasteiger charge is 2.10. The van der Waals surface area contributed by atoms with Crippen molar-refractivity contribution in [2.24, 2.45) is 53.3 Å². The van der Waals surface area contributed by atoms with Gasteiger partial charge in [0.2, 0.25) is 0 Å². The van der Waals surface area contributed by atoms with E-state index < -0.39 is 0 Å². The van der Waals surface area contributed by atoms with Gasteiger partial charge in [-0.2, -0.15) is 0 Å². The molecule has 6 nitrogen and oxygen atoms in total. The minimum Gasteiger partial charge on any atom is -0.493 e. The third-order valence-electron chi connectivity index (χ3n) is 15.1. The van der Waals surface area contributed by atoms with Gasteiger partial charge >= 0.3 is 0 Å². The van der Waals surface area contributed by atoms with Gasteiger partial charge in [-0.25, -0.2) is 0 Å². The van der Waals surface area contributed by atoms with E-state index in [4.69, 9.17) is 9.15 Å². The fourth-order valence-corrected chi connectivity index (χ4v) is 12.4. The zero-order valence-electron chi connectivity index (χ0n) is 81.6. The lowest BCUT2D eigenvalue weighted by atomic mass is 9.92. The average Bonchev–Trinajstić information content (AvgIpc) is 1.80. The summed E-state index contributed by atoms with van der Waals surface area (Å²) in [5, 5.41) is 12.9. The van der Waals surface area contributed by atoms with Gasteiger partial charge in [0.05, 0.1) is 18.4 Å². The number of aromatic amines is 1. The lowest BCUT2D eigenvalue weighted by Crippen LogP contribution is -2.10. The number of thioether (sulfide) groups is 1. The molecule has 0 saturated carbocycles. The molecule has 0 atom stereocenters. The molecule has 123 heavy (non-hydrogen) atoms. The SMILES string of the molecule is CC(C)C.CC(C)C.CC(C)C.CC(C)C.CC(C)C.CC(C)C.CC(C)C.CC(C)C.CC(C)C.c1ccc2[nH]ccc2c1.c1ccc2c(c1)CCCC2.c1ccc2c(c1)CCCN2.c1ccc2c(c1)CCCO2.c1ccc2c(c1)CCCS2.c1ccc2cnccc2c1.c1ccc2ncccc2c1.c1ccc2occc2c1.c1ccc2sccc2c1. The van der Waals surface area contributed by atoms with E-state index in [2.05, 4.69) is 370 Å². The monoisotopic (exact) mass is 1700 g/mol. The highest BCUT2D eigenvalue weighted by Crippen LogP contribution is 2.30. The van der Waals surface area contributed by atoms with Crippen molar-refractivity contribution < 1.29 is 9.15 Å². The molecule has 4 aliphatic rings. The number of hydrogen-bond donors (Lipinski definition) is 2. The van der Waals surface area contributed by atoms with Gasteiger partial charge in [-0.1, -0.05) is 369 Å². The molecule has 1 aliphatic carbocycles. The molecule has 0 spiro atoms. The summed E-state index contributed by atoms with van der Waals surface area (Å²) in [5.74, 6) is 9.88. The van der Waals surface area contributed by atoms with Crippen LogP contribution in [0.5, 0.6) is 5.75 Å². The van der Waals surface area contributed by atoms with Gasteiger partial charge in [-0.3, -0.25) is 9.97 Å². The van der Waals surface area contributed by atoms with Gasteiger partial charge in [0, 0.05) is 62.9 Å². The Morgan fingerprint density at radius 2 is 0.764 bits per heavy atom. The van der Waals surface area contributed by atoms with E-state index in [1.807, 2.05) is 134 Å². The molecule has 670 valence electrons. The minimum atomic E-state index is 0.833. The number of H-pyrrole nitrogens is 1. The summed E-state index contributed by atoms with van der Waals surface area (Å²) < 4.78 is 11.9. The largest absolute Gasteiger partial charge is 0.493 e.